The van der Waals surface area contributed by atoms with Gasteiger partial charge in [0.25, 0.3) is 17.4 Å². The highest BCUT2D eigenvalue weighted by Crippen LogP contribution is 2.47. The van der Waals surface area contributed by atoms with Gasteiger partial charge in [-0.3, -0.25) is 14.9 Å². The van der Waals surface area contributed by atoms with E-state index >= 15 is 0 Å². The van der Waals surface area contributed by atoms with Crippen molar-refractivity contribution in [3.8, 4) is 0 Å². The van der Waals surface area contributed by atoms with Crippen LogP contribution < -0.4 is 10.6 Å². The highest BCUT2D eigenvalue weighted by Gasteiger charge is 2.62. The fraction of sp³-hybridized carbons (Fsp3) is 0.318. The third kappa shape index (κ3) is 4.22. The largest absolute Gasteiger partial charge is 0.434 e. The van der Waals surface area contributed by atoms with Crippen LogP contribution in [0.25, 0.3) is 0 Å². The van der Waals surface area contributed by atoms with Crippen LogP contribution in [0.4, 0.5) is 28.0 Å². The lowest BCUT2D eigenvalue weighted by Gasteiger charge is -2.39. The van der Waals surface area contributed by atoms with E-state index in [0.717, 1.165) is 43.2 Å². The lowest BCUT2D eigenvalue weighted by molar-refractivity contribution is -0.261. The molecule has 0 saturated carbocycles. The van der Waals surface area contributed by atoms with Gasteiger partial charge < -0.3 is 15.0 Å². The normalized spacial score (nSPS) is 20.0. The van der Waals surface area contributed by atoms with Gasteiger partial charge in [-0.05, 0) is 55.3 Å². The van der Waals surface area contributed by atoms with Crippen molar-refractivity contribution in [1.29, 1.82) is 0 Å². The van der Waals surface area contributed by atoms with Crippen LogP contribution in [0, 0.1) is 5.82 Å². The number of nitrogens with one attached hydrogen (secondary N) is 2. The molecule has 1 unspecified atom stereocenters. The lowest BCUT2D eigenvalue weighted by Crippen LogP contribution is -2.56. The summed E-state index contributed by atoms with van der Waals surface area (Å²) in [6.45, 7) is -0.142. The first-order chi connectivity index (χ1) is 15.6. The van der Waals surface area contributed by atoms with E-state index in [1.165, 1.54) is 17.0 Å². The Labute approximate surface area is 185 Å². The predicted molar refractivity (Wildman–Crippen MR) is 108 cm³/mol. The molecule has 33 heavy (non-hydrogen) atoms. The smallest absolute Gasteiger partial charge is 0.426 e. The molecule has 0 spiro atoms. The van der Waals surface area contributed by atoms with Gasteiger partial charge in [0.2, 0.25) is 0 Å². The highest BCUT2D eigenvalue weighted by atomic mass is 19.4. The third-order valence-electron chi connectivity index (χ3n) is 5.66. The van der Waals surface area contributed by atoms with Gasteiger partial charge in [-0.25, -0.2) is 9.18 Å². The Hall–Kier alpha value is -3.63. The van der Waals surface area contributed by atoms with Crippen molar-refractivity contribution < 1.29 is 36.7 Å². The zero-order valence-corrected chi connectivity index (χ0v) is 17.2. The topological polar surface area (TPSA) is 87.7 Å². The van der Waals surface area contributed by atoms with E-state index in [2.05, 4.69) is 10.6 Å². The third-order valence-corrected chi connectivity index (χ3v) is 5.66. The number of amides is 3. The number of carbonyl (C=O) groups excluding carboxylic acids is 3. The number of anilines is 1. The molecule has 0 radical (unpaired) electrons. The minimum atomic E-state index is -5.13. The summed E-state index contributed by atoms with van der Waals surface area (Å²) in [6.07, 6.45) is -4.88. The van der Waals surface area contributed by atoms with Crippen molar-refractivity contribution in [1.82, 2.24) is 10.2 Å². The SMILES string of the molecule is O=C1Nc2ccc(C(=O)N3CCCC3)cc2C(CNC(=O)c2ccc(F)cc2)(C(F)(F)F)O1. The van der Waals surface area contributed by atoms with Gasteiger partial charge in [-0.1, -0.05) is 0 Å². The number of carbonyl (C=O) groups is 3. The van der Waals surface area contributed by atoms with E-state index in [9.17, 15) is 31.9 Å². The average Bonchev–Trinajstić information content (AvgIpc) is 3.31. The van der Waals surface area contributed by atoms with Crippen LogP contribution in [0.3, 0.4) is 0 Å². The fourth-order valence-electron chi connectivity index (χ4n) is 3.92. The first-order valence-electron chi connectivity index (χ1n) is 10.1. The second-order valence-electron chi connectivity index (χ2n) is 7.79. The Balaban J connectivity index is 1.70. The maximum Gasteiger partial charge on any atom is 0.434 e. The fourth-order valence-corrected chi connectivity index (χ4v) is 3.92. The van der Waals surface area contributed by atoms with E-state index in [-0.39, 0.29) is 16.8 Å². The summed E-state index contributed by atoms with van der Waals surface area (Å²) in [5, 5.41) is 4.33. The monoisotopic (exact) mass is 465 g/mol. The molecule has 2 heterocycles. The molecule has 0 aliphatic carbocycles. The Bertz CT molecular complexity index is 1100. The molecule has 0 aromatic heterocycles. The molecule has 7 nitrogen and oxygen atoms in total. The van der Waals surface area contributed by atoms with Crippen molar-refractivity contribution in [2.75, 3.05) is 25.0 Å². The average molecular weight is 465 g/mol. The van der Waals surface area contributed by atoms with E-state index < -0.39 is 47.6 Å². The molecule has 2 aromatic rings. The molecule has 1 atom stereocenters. The Morgan fingerprint density at radius 2 is 1.70 bits per heavy atom. The van der Waals surface area contributed by atoms with Crippen LogP contribution in [0.15, 0.2) is 42.5 Å². The summed E-state index contributed by atoms with van der Waals surface area (Å²) in [7, 11) is 0. The molecule has 11 heteroatoms. The second-order valence-corrected chi connectivity index (χ2v) is 7.79. The number of halogens is 4. The molecule has 2 aliphatic rings. The molecule has 0 bridgehead atoms. The quantitative estimate of drug-likeness (QED) is 0.673. The Morgan fingerprint density at radius 3 is 2.33 bits per heavy atom. The van der Waals surface area contributed by atoms with Crippen LogP contribution in [0.1, 0.15) is 39.1 Å². The number of alkyl halides is 3. The van der Waals surface area contributed by atoms with Gasteiger partial charge in [-0.15, -0.1) is 0 Å². The lowest BCUT2D eigenvalue weighted by atomic mass is 9.88. The van der Waals surface area contributed by atoms with Gasteiger partial charge in [0.15, 0.2) is 0 Å². The van der Waals surface area contributed by atoms with Crippen LogP contribution >= 0.6 is 0 Å². The van der Waals surface area contributed by atoms with Crippen molar-refractivity contribution in [3.63, 3.8) is 0 Å². The summed E-state index contributed by atoms with van der Waals surface area (Å²) in [6, 6.07) is 7.78. The predicted octanol–water partition coefficient (Wildman–Crippen LogP) is 3.81. The summed E-state index contributed by atoms with van der Waals surface area (Å²) >= 11 is 0. The first kappa shape index (κ1) is 22.6. The number of cyclic esters (lactones) is 1. The first-order valence-corrected chi connectivity index (χ1v) is 10.1. The van der Waals surface area contributed by atoms with Crippen LogP contribution in [0.2, 0.25) is 0 Å². The van der Waals surface area contributed by atoms with Gasteiger partial charge in [0, 0.05) is 29.8 Å². The summed E-state index contributed by atoms with van der Waals surface area (Å²) in [4.78, 5) is 38.7. The zero-order chi connectivity index (χ0) is 23.8. The van der Waals surface area contributed by atoms with Gasteiger partial charge in [-0.2, -0.15) is 13.2 Å². The number of ether oxygens (including phenoxy) is 1. The van der Waals surface area contributed by atoms with E-state index in [0.29, 0.717) is 13.1 Å². The van der Waals surface area contributed by atoms with Crippen LogP contribution in [-0.2, 0) is 10.3 Å². The maximum absolute atomic E-state index is 14.4. The molecular formula is C22H19F4N3O4. The van der Waals surface area contributed by atoms with E-state index in [4.69, 9.17) is 4.74 Å². The molecule has 2 aliphatic heterocycles. The van der Waals surface area contributed by atoms with Gasteiger partial charge in [0.05, 0.1) is 12.2 Å². The van der Waals surface area contributed by atoms with Crippen LogP contribution in [-0.4, -0.2) is 48.6 Å². The summed E-state index contributed by atoms with van der Waals surface area (Å²) in [5.74, 6) is -1.97. The van der Waals surface area contributed by atoms with Crippen molar-refractivity contribution in [3.05, 3.63) is 65.0 Å². The highest BCUT2D eigenvalue weighted by molar-refractivity contribution is 5.97. The number of likely N-dealkylation sites (tertiary alicyclic amines) is 1. The number of hydrogen-bond donors (Lipinski definition) is 2. The molecule has 2 N–H and O–H groups in total. The number of fused-ring (bicyclic) bond motifs is 1. The summed E-state index contributed by atoms with van der Waals surface area (Å²) in [5.41, 5.74) is -3.99. The molecule has 4 rings (SSSR count). The van der Waals surface area contributed by atoms with Crippen molar-refractivity contribution in [2.24, 2.45) is 0 Å². The zero-order valence-electron chi connectivity index (χ0n) is 17.2. The van der Waals surface area contributed by atoms with Gasteiger partial charge >= 0.3 is 12.3 Å². The maximum atomic E-state index is 14.4. The Kier molecular flexibility index (Phi) is 5.73. The Morgan fingerprint density at radius 1 is 1.06 bits per heavy atom. The molecular weight excluding hydrogens is 446 g/mol. The second kappa shape index (κ2) is 8.38. The van der Waals surface area contributed by atoms with Crippen molar-refractivity contribution >= 4 is 23.6 Å². The van der Waals surface area contributed by atoms with E-state index in [1.807, 2.05) is 0 Å². The number of benzene rings is 2. The van der Waals surface area contributed by atoms with E-state index in [1.54, 1.807) is 0 Å². The standard InChI is InChI=1S/C22H19F4N3O4/c23-15-6-3-13(4-7-15)18(30)27-12-21(22(24,25)26)16-11-14(19(31)29-9-1-2-10-29)5-8-17(16)28-20(32)33-21/h3-8,11H,1-2,9-10,12H2,(H,27,30)(H,28,32). The van der Waals surface area contributed by atoms with Crippen molar-refractivity contribution in [2.45, 2.75) is 24.6 Å². The molecule has 1 fully saturated rings. The summed E-state index contributed by atoms with van der Waals surface area (Å²) < 4.78 is 61.0. The van der Waals surface area contributed by atoms with Gasteiger partial charge in [0.1, 0.15) is 5.82 Å². The van der Waals surface area contributed by atoms with Crippen LogP contribution in [0.5, 0.6) is 0 Å². The molecule has 2 aromatic carbocycles. The number of hydrogen-bond acceptors (Lipinski definition) is 4. The minimum absolute atomic E-state index is 0.00823. The minimum Gasteiger partial charge on any atom is -0.426 e. The number of nitrogens with zero attached hydrogens (tertiary/aromatic N) is 1. The molecule has 1 saturated heterocycles. The molecule has 174 valence electrons. The molecule has 3 amide bonds. The number of rotatable bonds is 4.